The third-order valence-corrected chi connectivity index (χ3v) is 6.25. The molecule has 36 heavy (non-hydrogen) atoms. The quantitative estimate of drug-likeness (QED) is 0.490. The summed E-state index contributed by atoms with van der Waals surface area (Å²) in [5.74, 6) is 1.85. The Hall–Kier alpha value is -4.20. The third-order valence-electron chi connectivity index (χ3n) is 6.25. The van der Waals surface area contributed by atoms with Gasteiger partial charge >= 0.3 is 6.03 Å². The number of rotatable bonds is 8. The predicted octanol–water partition coefficient (Wildman–Crippen LogP) is 4.40. The molecule has 8 nitrogen and oxygen atoms in total. The SMILES string of the molecule is COc1ccc([C@H]2c3cc(OC)c(OC)cc3CCN2C(=O)NCCC(=O)Nc2ccccc2)cc1. The number of para-hydroxylation sites is 1. The molecule has 1 aliphatic rings. The third kappa shape index (κ3) is 5.54. The van der Waals surface area contributed by atoms with Crippen LogP contribution in [0, 0.1) is 0 Å². The van der Waals surface area contributed by atoms with Crippen LogP contribution in [0.15, 0.2) is 66.7 Å². The number of carbonyl (C=O) groups excluding carboxylic acids is 2. The van der Waals surface area contributed by atoms with E-state index in [4.69, 9.17) is 14.2 Å². The largest absolute Gasteiger partial charge is 0.497 e. The minimum absolute atomic E-state index is 0.158. The average molecular weight is 490 g/mol. The van der Waals surface area contributed by atoms with Crippen molar-refractivity contribution in [2.75, 3.05) is 39.7 Å². The van der Waals surface area contributed by atoms with E-state index in [9.17, 15) is 9.59 Å². The molecule has 1 atom stereocenters. The molecule has 0 spiro atoms. The lowest BCUT2D eigenvalue weighted by Crippen LogP contribution is -2.46. The van der Waals surface area contributed by atoms with Crippen molar-refractivity contribution in [3.05, 3.63) is 83.4 Å². The van der Waals surface area contributed by atoms with Crippen molar-refractivity contribution in [2.45, 2.75) is 18.9 Å². The summed E-state index contributed by atoms with van der Waals surface area (Å²) < 4.78 is 16.4. The van der Waals surface area contributed by atoms with Crippen molar-refractivity contribution in [1.29, 1.82) is 0 Å². The van der Waals surface area contributed by atoms with Crippen LogP contribution in [0.25, 0.3) is 0 Å². The molecule has 0 aromatic heterocycles. The van der Waals surface area contributed by atoms with Gasteiger partial charge in [0.05, 0.1) is 27.4 Å². The number of benzene rings is 3. The standard InChI is InChI=1S/C28H31N3O5/c1-34-22-11-9-19(10-12-22)27-23-18-25(36-3)24(35-2)17-20(23)14-16-31(27)28(33)29-15-13-26(32)30-21-7-5-4-6-8-21/h4-12,17-18,27H,13-16H2,1-3H3,(H,29,33)(H,30,32)/t27-/m0/s1. The second-order valence-electron chi connectivity index (χ2n) is 8.42. The molecule has 0 radical (unpaired) electrons. The van der Waals surface area contributed by atoms with Crippen molar-refractivity contribution in [1.82, 2.24) is 10.2 Å². The molecule has 0 saturated heterocycles. The monoisotopic (exact) mass is 489 g/mol. The number of amides is 3. The second kappa shape index (κ2) is 11.5. The maximum Gasteiger partial charge on any atom is 0.318 e. The van der Waals surface area contributed by atoms with Crippen LogP contribution in [0.2, 0.25) is 0 Å². The number of ether oxygens (including phenoxy) is 3. The van der Waals surface area contributed by atoms with E-state index >= 15 is 0 Å². The first kappa shape index (κ1) is 24.9. The highest BCUT2D eigenvalue weighted by Crippen LogP contribution is 2.41. The summed E-state index contributed by atoms with van der Waals surface area (Å²) in [7, 11) is 4.83. The van der Waals surface area contributed by atoms with E-state index in [-0.39, 0.29) is 30.9 Å². The number of methoxy groups -OCH3 is 3. The molecule has 8 heteroatoms. The number of carbonyl (C=O) groups is 2. The lowest BCUT2D eigenvalue weighted by atomic mass is 9.87. The van der Waals surface area contributed by atoms with E-state index in [2.05, 4.69) is 10.6 Å². The summed E-state index contributed by atoms with van der Waals surface area (Å²) >= 11 is 0. The highest BCUT2D eigenvalue weighted by molar-refractivity contribution is 5.91. The Balaban J connectivity index is 1.53. The summed E-state index contributed by atoms with van der Waals surface area (Å²) in [5, 5.41) is 5.75. The molecule has 0 bridgehead atoms. The fourth-order valence-corrected chi connectivity index (χ4v) is 4.44. The van der Waals surface area contributed by atoms with Gasteiger partial charge in [-0.2, -0.15) is 0 Å². The molecular weight excluding hydrogens is 458 g/mol. The minimum atomic E-state index is -0.336. The van der Waals surface area contributed by atoms with Gasteiger partial charge in [0, 0.05) is 25.2 Å². The maximum absolute atomic E-state index is 13.3. The first-order valence-electron chi connectivity index (χ1n) is 11.8. The Kier molecular flexibility index (Phi) is 7.95. The number of anilines is 1. The first-order valence-corrected chi connectivity index (χ1v) is 11.8. The second-order valence-corrected chi connectivity index (χ2v) is 8.42. The lowest BCUT2D eigenvalue weighted by Gasteiger charge is -2.38. The molecule has 188 valence electrons. The van der Waals surface area contributed by atoms with Gasteiger partial charge in [-0.15, -0.1) is 0 Å². The molecular formula is C28H31N3O5. The molecule has 4 rings (SSSR count). The van der Waals surface area contributed by atoms with Gasteiger partial charge in [0.25, 0.3) is 0 Å². The molecule has 3 aromatic rings. The zero-order valence-electron chi connectivity index (χ0n) is 20.7. The smallest absolute Gasteiger partial charge is 0.318 e. The van der Waals surface area contributed by atoms with Gasteiger partial charge in [0.15, 0.2) is 11.5 Å². The van der Waals surface area contributed by atoms with Crippen LogP contribution in [-0.2, 0) is 11.2 Å². The van der Waals surface area contributed by atoms with Crippen molar-refractivity contribution in [3.63, 3.8) is 0 Å². The molecule has 1 heterocycles. The molecule has 0 unspecified atom stereocenters. The normalized spacial score (nSPS) is 14.4. The molecule has 2 N–H and O–H groups in total. The number of hydrogen-bond acceptors (Lipinski definition) is 5. The van der Waals surface area contributed by atoms with E-state index in [0.29, 0.717) is 24.5 Å². The predicted molar refractivity (Wildman–Crippen MR) is 138 cm³/mol. The fraction of sp³-hybridized carbons (Fsp3) is 0.286. The fourth-order valence-electron chi connectivity index (χ4n) is 4.44. The number of nitrogens with zero attached hydrogens (tertiary/aromatic N) is 1. The summed E-state index contributed by atoms with van der Waals surface area (Å²) in [5.41, 5.74) is 3.74. The van der Waals surface area contributed by atoms with Crippen LogP contribution in [0.5, 0.6) is 17.2 Å². The zero-order valence-corrected chi connectivity index (χ0v) is 20.7. The minimum Gasteiger partial charge on any atom is -0.497 e. The van der Waals surface area contributed by atoms with Crippen LogP contribution in [-0.4, -0.2) is 51.3 Å². The Morgan fingerprint density at radius 3 is 2.28 bits per heavy atom. The summed E-state index contributed by atoms with van der Waals surface area (Å²) in [6, 6.07) is 20.3. The molecule has 1 aliphatic heterocycles. The molecule has 3 aromatic carbocycles. The van der Waals surface area contributed by atoms with Crippen LogP contribution in [0.1, 0.15) is 29.2 Å². The Morgan fingerprint density at radius 1 is 0.917 bits per heavy atom. The van der Waals surface area contributed by atoms with Gasteiger partial charge in [0.2, 0.25) is 5.91 Å². The van der Waals surface area contributed by atoms with Gasteiger partial charge in [-0.25, -0.2) is 4.79 Å². The van der Waals surface area contributed by atoms with Crippen molar-refractivity contribution in [2.24, 2.45) is 0 Å². The molecule has 0 saturated carbocycles. The zero-order chi connectivity index (χ0) is 25.5. The highest BCUT2D eigenvalue weighted by atomic mass is 16.5. The van der Waals surface area contributed by atoms with E-state index in [1.807, 2.05) is 66.7 Å². The number of hydrogen-bond donors (Lipinski definition) is 2. The molecule has 0 aliphatic carbocycles. The highest BCUT2D eigenvalue weighted by Gasteiger charge is 2.33. The number of fused-ring (bicyclic) bond motifs is 1. The Labute approximate surface area is 211 Å². The summed E-state index contributed by atoms with van der Waals surface area (Å²) in [4.78, 5) is 27.4. The molecule has 3 amide bonds. The average Bonchev–Trinajstić information content (AvgIpc) is 2.92. The Morgan fingerprint density at radius 2 is 1.61 bits per heavy atom. The Bertz CT molecular complexity index is 1200. The maximum atomic E-state index is 13.3. The molecule has 0 fully saturated rings. The van der Waals surface area contributed by atoms with Crippen LogP contribution in [0.3, 0.4) is 0 Å². The van der Waals surface area contributed by atoms with Crippen LogP contribution >= 0.6 is 0 Å². The number of urea groups is 1. The van der Waals surface area contributed by atoms with Gasteiger partial charge in [0.1, 0.15) is 5.75 Å². The van der Waals surface area contributed by atoms with Gasteiger partial charge in [-0.1, -0.05) is 30.3 Å². The van der Waals surface area contributed by atoms with E-state index in [0.717, 1.165) is 28.1 Å². The topological polar surface area (TPSA) is 89.1 Å². The van der Waals surface area contributed by atoms with Crippen molar-refractivity contribution < 1.29 is 23.8 Å². The van der Waals surface area contributed by atoms with Gasteiger partial charge < -0.3 is 29.7 Å². The van der Waals surface area contributed by atoms with Crippen LogP contribution < -0.4 is 24.8 Å². The van der Waals surface area contributed by atoms with Crippen molar-refractivity contribution >= 4 is 17.6 Å². The van der Waals surface area contributed by atoms with Crippen LogP contribution in [0.4, 0.5) is 10.5 Å². The first-order chi connectivity index (χ1) is 17.5. The summed E-state index contributed by atoms with van der Waals surface area (Å²) in [6.45, 7) is 0.739. The number of nitrogens with one attached hydrogen (secondary N) is 2. The summed E-state index contributed by atoms with van der Waals surface area (Å²) in [6.07, 6.45) is 0.841. The van der Waals surface area contributed by atoms with Gasteiger partial charge in [-0.05, 0) is 59.5 Å². The van der Waals surface area contributed by atoms with Crippen molar-refractivity contribution in [3.8, 4) is 17.2 Å². The van der Waals surface area contributed by atoms with E-state index in [1.54, 1.807) is 26.2 Å². The van der Waals surface area contributed by atoms with Gasteiger partial charge in [-0.3, -0.25) is 4.79 Å². The van der Waals surface area contributed by atoms with E-state index < -0.39 is 0 Å². The van der Waals surface area contributed by atoms with E-state index in [1.165, 1.54) is 0 Å². The lowest BCUT2D eigenvalue weighted by molar-refractivity contribution is -0.116.